The smallest absolute Gasteiger partial charge is 0.380 e. The summed E-state index contributed by atoms with van der Waals surface area (Å²) < 4.78 is 16.6. The third-order valence-corrected chi connectivity index (χ3v) is 5.27. The van der Waals surface area contributed by atoms with Crippen LogP contribution in [-0.2, 0) is 0 Å². The number of aryl methyl sites for hydroxylation is 1. The molecule has 0 saturated carbocycles. The molecule has 0 fully saturated rings. The van der Waals surface area contributed by atoms with E-state index in [0.717, 1.165) is 0 Å². The molecule has 4 heterocycles. The number of fused-ring (bicyclic) bond motifs is 9. The number of H-pyrrole nitrogens is 1. The van der Waals surface area contributed by atoms with Crippen LogP contribution in [0, 0.1) is 6.92 Å². The maximum absolute atomic E-state index is 13.1. The summed E-state index contributed by atoms with van der Waals surface area (Å²) in [7, 11) is 0. The molecule has 1 N–H and O–H groups in total. The average molecular weight is 385 g/mol. The maximum atomic E-state index is 13.1. The van der Waals surface area contributed by atoms with Gasteiger partial charge in [-0.3, -0.25) is 4.79 Å². The predicted octanol–water partition coefficient (Wildman–Crippen LogP) is 3.95. The Balaban J connectivity index is 2.03. The first-order valence-electron chi connectivity index (χ1n) is 8.90. The second kappa shape index (κ2) is 5.23. The van der Waals surface area contributed by atoms with E-state index in [9.17, 15) is 14.4 Å². The molecule has 0 spiro atoms. The first kappa shape index (κ1) is 15.9. The van der Waals surface area contributed by atoms with E-state index >= 15 is 0 Å². The summed E-state index contributed by atoms with van der Waals surface area (Å²) in [5, 5.41) is 2.33. The predicted molar refractivity (Wildman–Crippen MR) is 109 cm³/mol. The van der Waals surface area contributed by atoms with Crippen molar-refractivity contribution in [3.63, 3.8) is 0 Å². The van der Waals surface area contributed by atoms with Crippen LogP contribution in [0.4, 0.5) is 0 Å². The van der Waals surface area contributed by atoms with Gasteiger partial charge in [0.15, 0.2) is 5.58 Å². The summed E-state index contributed by atoms with van der Waals surface area (Å²) in [6.45, 7) is 1.78. The van der Waals surface area contributed by atoms with Crippen LogP contribution in [0.15, 0.2) is 70.1 Å². The Labute approximate surface area is 159 Å². The van der Waals surface area contributed by atoms with Gasteiger partial charge in [0.1, 0.15) is 11.2 Å². The highest BCUT2D eigenvalue weighted by Crippen LogP contribution is 2.36. The Morgan fingerprint density at radius 3 is 2.41 bits per heavy atom. The fraction of sp³-hybridized carbons (Fsp3) is 0.0455. The van der Waals surface area contributed by atoms with Gasteiger partial charge < -0.3 is 18.2 Å². The van der Waals surface area contributed by atoms with Crippen molar-refractivity contribution in [2.75, 3.05) is 0 Å². The van der Waals surface area contributed by atoms with Crippen molar-refractivity contribution >= 4 is 54.8 Å². The minimum absolute atomic E-state index is 0.00737. The van der Waals surface area contributed by atoms with Crippen LogP contribution in [0.3, 0.4) is 0 Å². The molecule has 6 rings (SSSR count). The Kier molecular flexibility index (Phi) is 2.86. The number of para-hydroxylation sites is 1. The first-order chi connectivity index (χ1) is 14.0. The number of hydrogen-bond donors (Lipinski definition) is 1. The third-order valence-electron chi connectivity index (χ3n) is 5.27. The van der Waals surface area contributed by atoms with Gasteiger partial charge in [-0.1, -0.05) is 18.2 Å². The average Bonchev–Trinajstić information content (AvgIpc) is 3.08. The highest BCUT2D eigenvalue weighted by atomic mass is 16.4. The second-order valence-corrected chi connectivity index (χ2v) is 6.96. The lowest BCUT2D eigenvalue weighted by Gasteiger charge is -2.08. The van der Waals surface area contributed by atoms with Gasteiger partial charge in [0.2, 0.25) is 5.58 Å². The van der Waals surface area contributed by atoms with E-state index in [1.807, 2.05) is 0 Å². The van der Waals surface area contributed by atoms with Crippen molar-refractivity contribution < 1.29 is 13.3 Å². The molecule has 0 amide bonds. The van der Waals surface area contributed by atoms with E-state index in [1.54, 1.807) is 43.3 Å². The highest BCUT2D eigenvalue weighted by Gasteiger charge is 2.22. The van der Waals surface area contributed by atoms with E-state index in [-0.39, 0.29) is 16.6 Å². The number of hydrogen-bond acceptors (Lipinski definition) is 6. The molecule has 0 unspecified atom stereocenters. The number of aromatic nitrogens is 1. The van der Waals surface area contributed by atoms with Crippen molar-refractivity contribution in [2.45, 2.75) is 6.92 Å². The molecule has 0 aliphatic rings. The largest absolute Gasteiger partial charge is 0.448 e. The van der Waals surface area contributed by atoms with Gasteiger partial charge in [-0.2, -0.15) is 0 Å². The quantitative estimate of drug-likeness (QED) is 0.313. The third kappa shape index (κ3) is 1.98. The van der Waals surface area contributed by atoms with Crippen molar-refractivity contribution in [3.8, 4) is 0 Å². The van der Waals surface area contributed by atoms with Crippen LogP contribution >= 0.6 is 0 Å². The minimum atomic E-state index is -0.678. The number of rotatable bonds is 0. The second-order valence-electron chi connectivity index (χ2n) is 6.96. The summed E-state index contributed by atoms with van der Waals surface area (Å²) >= 11 is 0. The van der Waals surface area contributed by atoms with Crippen LogP contribution < -0.4 is 16.8 Å². The number of aromatic amines is 1. The fourth-order valence-corrected chi connectivity index (χ4v) is 4.05. The first-order valence-corrected chi connectivity index (χ1v) is 8.90. The van der Waals surface area contributed by atoms with Crippen LogP contribution in [0.2, 0.25) is 0 Å². The lowest BCUT2D eigenvalue weighted by molar-refractivity contribution is 0.545. The van der Waals surface area contributed by atoms with Gasteiger partial charge in [-0.15, -0.1) is 0 Å². The molecule has 29 heavy (non-hydrogen) atoms. The molecule has 0 saturated heterocycles. The summed E-state index contributed by atoms with van der Waals surface area (Å²) in [4.78, 5) is 40.4. The molecule has 0 radical (unpaired) electrons. The van der Waals surface area contributed by atoms with E-state index < -0.39 is 16.8 Å². The van der Waals surface area contributed by atoms with Crippen LogP contribution in [0.25, 0.3) is 54.8 Å². The zero-order valence-electron chi connectivity index (χ0n) is 15.0. The molecule has 6 aromatic rings. The molecule has 140 valence electrons. The van der Waals surface area contributed by atoms with E-state index in [2.05, 4.69) is 4.98 Å². The molecular formula is C22H11NO6. The van der Waals surface area contributed by atoms with Gasteiger partial charge in [0.05, 0.1) is 21.7 Å². The molecule has 0 atom stereocenters. The summed E-state index contributed by atoms with van der Waals surface area (Å²) in [5.41, 5.74) is 0.588. The monoisotopic (exact) mass is 385 g/mol. The molecule has 4 aromatic heterocycles. The zero-order chi connectivity index (χ0) is 19.9. The summed E-state index contributed by atoms with van der Waals surface area (Å²) in [6.07, 6.45) is 0. The topological polar surface area (TPSA) is 106 Å². The van der Waals surface area contributed by atoms with E-state index in [4.69, 9.17) is 13.3 Å². The van der Waals surface area contributed by atoms with Crippen molar-refractivity contribution in [1.29, 1.82) is 0 Å². The van der Waals surface area contributed by atoms with Crippen molar-refractivity contribution in [2.24, 2.45) is 0 Å². The Hall–Kier alpha value is -4.13. The highest BCUT2D eigenvalue weighted by molar-refractivity contribution is 6.24. The Morgan fingerprint density at radius 1 is 0.759 bits per heavy atom. The standard InChI is InChI=1S/C22H11NO6/c1-9-8-13-11(6-7-14(24)27-13)16-18(9)23-21(25)17-15-10-4-2-3-5-12(10)28-20(15)22(26)29-19(16)17/h2-8H,1H3,(H,23,25). The van der Waals surface area contributed by atoms with Crippen molar-refractivity contribution in [1.82, 2.24) is 4.98 Å². The molecule has 7 heteroatoms. The van der Waals surface area contributed by atoms with E-state index in [1.165, 1.54) is 6.07 Å². The Morgan fingerprint density at radius 2 is 1.55 bits per heavy atom. The van der Waals surface area contributed by atoms with Gasteiger partial charge in [0.25, 0.3) is 5.56 Å². The van der Waals surface area contributed by atoms with Crippen LogP contribution in [-0.4, -0.2) is 4.98 Å². The molecule has 0 aliphatic heterocycles. The van der Waals surface area contributed by atoms with Crippen LogP contribution in [0.1, 0.15) is 5.56 Å². The molecule has 0 aliphatic carbocycles. The number of furan rings is 1. The maximum Gasteiger partial charge on any atom is 0.380 e. The summed E-state index contributed by atoms with van der Waals surface area (Å²) in [6, 6.07) is 11.7. The molecule has 7 nitrogen and oxygen atoms in total. The normalized spacial score (nSPS) is 12.0. The molecule has 0 bridgehead atoms. The van der Waals surface area contributed by atoms with E-state index in [0.29, 0.717) is 43.8 Å². The van der Waals surface area contributed by atoms with Gasteiger partial charge in [0, 0.05) is 16.8 Å². The van der Waals surface area contributed by atoms with Gasteiger partial charge in [-0.05, 0) is 30.7 Å². The van der Waals surface area contributed by atoms with Crippen molar-refractivity contribution in [3.05, 3.63) is 79.2 Å². The van der Waals surface area contributed by atoms with Gasteiger partial charge in [-0.25, -0.2) is 9.59 Å². The number of nitrogens with one attached hydrogen (secondary N) is 1. The number of pyridine rings is 1. The molecule has 2 aromatic carbocycles. The lowest BCUT2D eigenvalue weighted by atomic mass is 10.0. The number of benzene rings is 2. The summed E-state index contributed by atoms with van der Waals surface area (Å²) in [5.74, 6) is 0. The van der Waals surface area contributed by atoms with Crippen LogP contribution in [0.5, 0.6) is 0 Å². The molecular weight excluding hydrogens is 374 g/mol. The lowest BCUT2D eigenvalue weighted by Crippen LogP contribution is -2.11. The zero-order valence-corrected chi connectivity index (χ0v) is 15.0. The minimum Gasteiger partial charge on any atom is -0.448 e. The fourth-order valence-electron chi connectivity index (χ4n) is 4.05. The van der Waals surface area contributed by atoms with Gasteiger partial charge >= 0.3 is 11.3 Å². The SMILES string of the molecule is Cc1cc2oc(=O)ccc2c2c1[nH]c(=O)c1c2oc(=O)c2oc3ccccc3c21. The Bertz CT molecular complexity index is 1830.